The normalized spacial score (nSPS) is 11.6. The highest BCUT2D eigenvalue weighted by Crippen LogP contribution is 2.19. The number of halogens is 1. The van der Waals surface area contributed by atoms with Crippen LogP contribution in [0.25, 0.3) is 0 Å². The zero-order valence-electron chi connectivity index (χ0n) is 20.3. The van der Waals surface area contributed by atoms with E-state index in [4.69, 9.17) is 9.47 Å². The number of ether oxygens (including phenoxy) is 2. The zero-order valence-corrected chi connectivity index (χ0v) is 20.3. The molecule has 0 aliphatic carbocycles. The Morgan fingerprint density at radius 3 is 2.37 bits per heavy atom. The van der Waals surface area contributed by atoms with Crippen molar-refractivity contribution in [1.29, 1.82) is 0 Å². The maximum atomic E-state index is 13.6. The number of anilines is 4. The summed E-state index contributed by atoms with van der Waals surface area (Å²) in [6, 6.07) is 13.1. The molecule has 186 valence electrons. The van der Waals surface area contributed by atoms with Gasteiger partial charge in [-0.05, 0) is 54.7 Å². The lowest BCUT2D eigenvalue weighted by atomic mass is 10.0. The molecule has 0 bridgehead atoms. The molecule has 10 heteroatoms. The molecule has 3 N–H and O–H groups in total. The van der Waals surface area contributed by atoms with Crippen LogP contribution in [0.3, 0.4) is 0 Å². The maximum absolute atomic E-state index is 13.6. The molecular formula is C25H31FN6O3. The number of nitrogens with one attached hydrogen (secondary N) is 3. The lowest BCUT2D eigenvalue weighted by Crippen LogP contribution is -2.33. The largest absolute Gasteiger partial charge is 0.497 e. The van der Waals surface area contributed by atoms with E-state index in [0.717, 1.165) is 17.7 Å². The Labute approximate surface area is 204 Å². The molecule has 0 saturated carbocycles. The van der Waals surface area contributed by atoms with Gasteiger partial charge in [-0.2, -0.15) is 15.0 Å². The van der Waals surface area contributed by atoms with Gasteiger partial charge in [0.05, 0.1) is 14.2 Å². The number of carbonyl (C=O) groups excluding carboxylic acids is 1. The first-order chi connectivity index (χ1) is 16.9. The fourth-order valence-electron chi connectivity index (χ4n) is 3.37. The molecule has 1 atom stereocenters. The number of carbonyl (C=O) groups is 1. The zero-order chi connectivity index (χ0) is 25.2. The van der Waals surface area contributed by atoms with Crippen LogP contribution in [-0.2, 0) is 16.0 Å². The highest BCUT2D eigenvalue weighted by molar-refractivity contribution is 5.78. The molecule has 0 saturated heterocycles. The van der Waals surface area contributed by atoms with Crippen LogP contribution in [0.5, 0.6) is 5.75 Å². The second-order valence-electron chi connectivity index (χ2n) is 8.32. The smallest absolute Gasteiger partial charge is 0.328 e. The van der Waals surface area contributed by atoms with Gasteiger partial charge >= 0.3 is 5.97 Å². The third kappa shape index (κ3) is 8.09. The topological polar surface area (TPSA) is 110 Å². The fraction of sp³-hybridized carbons (Fsp3) is 0.360. The average Bonchev–Trinajstić information content (AvgIpc) is 2.83. The molecule has 3 aromatic rings. The molecule has 9 nitrogen and oxygen atoms in total. The summed E-state index contributed by atoms with van der Waals surface area (Å²) in [5.41, 5.74) is 1.60. The maximum Gasteiger partial charge on any atom is 0.328 e. The molecule has 0 amide bonds. The second-order valence-corrected chi connectivity index (χ2v) is 8.32. The summed E-state index contributed by atoms with van der Waals surface area (Å²) in [6.07, 6.45) is 1.26. The van der Waals surface area contributed by atoms with Gasteiger partial charge in [-0.1, -0.05) is 32.0 Å². The van der Waals surface area contributed by atoms with Crippen LogP contribution in [0.15, 0.2) is 48.5 Å². The molecule has 2 aromatic carbocycles. The van der Waals surface area contributed by atoms with Gasteiger partial charge < -0.3 is 25.4 Å². The molecule has 3 rings (SSSR count). The Bertz CT molecular complexity index is 1110. The van der Waals surface area contributed by atoms with Crippen molar-refractivity contribution in [3.63, 3.8) is 0 Å². The number of esters is 1. The number of benzene rings is 2. The highest BCUT2D eigenvalue weighted by Gasteiger charge is 2.22. The standard InChI is InChI=1S/C25H31FN6O3/c1-16(2)14-21(22(33)35-4)29-25-31-23(27-13-12-17-8-10-20(34-3)11-9-17)30-24(32-25)28-19-7-5-6-18(26)15-19/h5-11,15-16,21H,12-14H2,1-4H3,(H3,27,28,29,30,31,32)/t21-/m0/s1. The van der Waals surface area contributed by atoms with Gasteiger partial charge in [-0.15, -0.1) is 0 Å². The minimum absolute atomic E-state index is 0.196. The van der Waals surface area contributed by atoms with Crippen LogP contribution in [-0.4, -0.2) is 47.7 Å². The van der Waals surface area contributed by atoms with Gasteiger partial charge in [0.15, 0.2) is 0 Å². The van der Waals surface area contributed by atoms with E-state index in [1.165, 1.54) is 19.2 Å². The van der Waals surface area contributed by atoms with Crippen LogP contribution >= 0.6 is 0 Å². The molecule has 0 unspecified atom stereocenters. The first-order valence-corrected chi connectivity index (χ1v) is 11.4. The van der Waals surface area contributed by atoms with Crippen LogP contribution < -0.4 is 20.7 Å². The van der Waals surface area contributed by atoms with E-state index in [0.29, 0.717) is 24.6 Å². The van der Waals surface area contributed by atoms with Crippen LogP contribution in [0.1, 0.15) is 25.8 Å². The molecule has 35 heavy (non-hydrogen) atoms. The van der Waals surface area contributed by atoms with Gasteiger partial charge in [0.25, 0.3) is 0 Å². The van der Waals surface area contributed by atoms with E-state index in [-0.39, 0.29) is 23.6 Å². The summed E-state index contributed by atoms with van der Waals surface area (Å²) in [6.45, 7) is 4.57. The van der Waals surface area contributed by atoms with Gasteiger partial charge in [-0.25, -0.2) is 9.18 Å². The summed E-state index contributed by atoms with van der Waals surface area (Å²) in [7, 11) is 2.97. The average molecular weight is 483 g/mol. The van der Waals surface area contributed by atoms with Gasteiger partial charge in [0.2, 0.25) is 17.8 Å². The Kier molecular flexibility index (Phi) is 9.16. The third-order valence-corrected chi connectivity index (χ3v) is 5.07. The van der Waals surface area contributed by atoms with Crippen molar-refractivity contribution in [3.8, 4) is 5.75 Å². The molecule has 1 aromatic heterocycles. The first-order valence-electron chi connectivity index (χ1n) is 11.4. The quantitative estimate of drug-likeness (QED) is 0.323. The minimum atomic E-state index is -0.628. The molecule has 0 radical (unpaired) electrons. The Morgan fingerprint density at radius 2 is 1.71 bits per heavy atom. The molecule has 0 fully saturated rings. The van der Waals surface area contributed by atoms with Crippen molar-refractivity contribution in [2.24, 2.45) is 5.92 Å². The van der Waals surface area contributed by atoms with E-state index >= 15 is 0 Å². The molecule has 0 aliphatic rings. The lowest BCUT2D eigenvalue weighted by Gasteiger charge is -2.19. The van der Waals surface area contributed by atoms with Gasteiger partial charge in [0.1, 0.15) is 17.6 Å². The van der Waals surface area contributed by atoms with Crippen molar-refractivity contribution in [2.75, 3.05) is 36.7 Å². The number of aromatic nitrogens is 3. The van der Waals surface area contributed by atoms with Crippen molar-refractivity contribution < 1.29 is 18.7 Å². The fourth-order valence-corrected chi connectivity index (χ4v) is 3.37. The predicted octanol–water partition coefficient (Wildman–Crippen LogP) is 4.42. The SMILES string of the molecule is COC(=O)[C@H](CC(C)C)Nc1nc(NCCc2ccc(OC)cc2)nc(Nc2cccc(F)c2)n1. The Hall–Kier alpha value is -3.95. The molecule has 1 heterocycles. The predicted molar refractivity (Wildman–Crippen MR) is 134 cm³/mol. The molecule has 0 aliphatic heterocycles. The minimum Gasteiger partial charge on any atom is -0.497 e. The van der Waals surface area contributed by atoms with Crippen molar-refractivity contribution in [1.82, 2.24) is 15.0 Å². The highest BCUT2D eigenvalue weighted by atomic mass is 19.1. The van der Waals surface area contributed by atoms with E-state index in [1.807, 2.05) is 38.1 Å². The van der Waals surface area contributed by atoms with E-state index in [1.54, 1.807) is 19.2 Å². The monoisotopic (exact) mass is 482 g/mol. The van der Waals surface area contributed by atoms with Crippen molar-refractivity contribution >= 4 is 29.5 Å². The number of rotatable bonds is 12. The van der Waals surface area contributed by atoms with Gasteiger partial charge in [0, 0.05) is 12.2 Å². The van der Waals surface area contributed by atoms with Crippen LogP contribution in [0, 0.1) is 11.7 Å². The van der Waals surface area contributed by atoms with Crippen LogP contribution in [0.2, 0.25) is 0 Å². The van der Waals surface area contributed by atoms with E-state index < -0.39 is 12.0 Å². The number of nitrogens with zero attached hydrogens (tertiary/aromatic N) is 3. The molecule has 0 spiro atoms. The van der Waals surface area contributed by atoms with E-state index in [2.05, 4.69) is 30.9 Å². The molecular weight excluding hydrogens is 451 g/mol. The number of hydrogen-bond donors (Lipinski definition) is 3. The summed E-state index contributed by atoms with van der Waals surface area (Å²) in [5.74, 6) is 0.943. The number of methoxy groups -OCH3 is 2. The van der Waals surface area contributed by atoms with Gasteiger partial charge in [-0.3, -0.25) is 0 Å². The van der Waals surface area contributed by atoms with E-state index in [9.17, 15) is 9.18 Å². The number of hydrogen-bond acceptors (Lipinski definition) is 9. The van der Waals surface area contributed by atoms with Crippen molar-refractivity contribution in [3.05, 3.63) is 59.9 Å². The summed E-state index contributed by atoms with van der Waals surface area (Å²) >= 11 is 0. The lowest BCUT2D eigenvalue weighted by molar-refractivity contribution is -0.141. The first kappa shape index (κ1) is 25.7. The van der Waals surface area contributed by atoms with Crippen molar-refractivity contribution in [2.45, 2.75) is 32.7 Å². The Balaban J connectivity index is 1.79. The Morgan fingerprint density at radius 1 is 1.00 bits per heavy atom. The summed E-state index contributed by atoms with van der Waals surface area (Å²) in [4.78, 5) is 25.5. The second kappa shape index (κ2) is 12.5. The van der Waals surface area contributed by atoms with Crippen LogP contribution in [0.4, 0.5) is 27.9 Å². The summed E-state index contributed by atoms with van der Waals surface area (Å²) in [5, 5.41) is 9.24. The third-order valence-electron chi connectivity index (χ3n) is 5.07. The summed E-state index contributed by atoms with van der Waals surface area (Å²) < 4.78 is 23.8.